The summed E-state index contributed by atoms with van der Waals surface area (Å²) in [6.45, 7) is 0.997. The molecule has 0 atom stereocenters. The van der Waals surface area contributed by atoms with Crippen molar-refractivity contribution in [3.63, 3.8) is 0 Å². The highest BCUT2D eigenvalue weighted by Crippen LogP contribution is 1.90. The lowest BCUT2D eigenvalue weighted by molar-refractivity contribution is 0.482. The second kappa shape index (κ2) is 1.76. The number of rotatable bonds is 0. The molecule has 1 rings (SSSR count). The van der Waals surface area contributed by atoms with E-state index >= 15 is 0 Å². The topological polar surface area (TPSA) is 3.24 Å². The third kappa shape index (κ3) is 1.02. The van der Waals surface area contributed by atoms with Gasteiger partial charge in [-0.05, 0) is 0 Å². The molecule has 0 amide bonds. The first-order valence-corrected chi connectivity index (χ1v) is 2.35. The van der Waals surface area contributed by atoms with Crippen LogP contribution in [0, 0.1) is 6.20 Å². The van der Waals surface area contributed by atoms with E-state index in [0.717, 1.165) is 6.54 Å². The van der Waals surface area contributed by atoms with Gasteiger partial charge in [0.15, 0.2) is 12.3 Å². The van der Waals surface area contributed by atoms with Crippen molar-refractivity contribution >= 4 is 0 Å². The zero-order chi connectivity index (χ0) is 5.11. The summed E-state index contributed by atoms with van der Waals surface area (Å²) < 4.78 is 0. The summed E-state index contributed by atoms with van der Waals surface area (Å²) in [5.41, 5.74) is 0. The normalized spacial score (nSPS) is 17.0. The van der Waals surface area contributed by atoms with E-state index in [1.165, 1.54) is 0 Å². The first-order valence-electron chi connectivity index (χ1n) is 2.35. The van der Waals surface area contributed by atoms with Crippen molar-refractivity contribution in [2.24, 2.45) is 0 Å². The van der Waals surface area contributed by atoms with Gasteiger partial charge in [-0.2, -0.15) is 0 Å². The zero-order valence-electron chi connectivity index (χ0n) is 4.39. The molecule has 7 heavy (non-hydrogen) atoms. The second-order valence-corrected chi connectivity index (χ2v) is 1.60. The molecule has 0 spiro atoms. The highest BCUT2D eigenvalue weighted by molar-refractivity contribution is 5.04. The Labute approximate surface area is 43.9 Å². The largest absolute Gasteiger partial charge is 0.251 e. The smallest absolute Gasteiger partial charge is 0.190 e. The highest BCUT2D eigenvalue weighted by Gasteiger charge is 1.97. The van der Waals surface area contributed by atoms with Gasteiger partial charge >= 0.3 is 0 Å². The molecular formula is C6H8N+. The van der Waals surface area contributed by atoms with Crippen molar-refractivity contribution in [2.75, 3.05) is 13.6 Å². The molecular weight excluding hydrogens is 86.1 g/mol. The fourth-order valence-electron chi connectivity index (χ4n) is 0.510. The van der Waals surface area contributed by atoms with Crippen LogP contribution in [-0.2, 0) is 0 Å². The van der Waals surface area contributed by atoms with E-state index in [9.17, 15) is 0 Å². The Kier molecular flexibility index (Phi) is 1.10. The Balaban J connectivity index is 2.49. The molecule has 0 N–H and O–H groups in total. The van der Waals surface area contributed by atoms with Gasteiger partial charge in [0.2, 0.25) is 0 Å². The fourth-order valence-corrected chi connectivity index (χ4v) is 0.510. The first kappa shape index (κ1) is 4.35. The first-order chi connectivity index (χ1) is 3.39. The molecule has 1 nitrogen and oxygen atoms in total. The lowest BCUT2D eigenvalue weighted by Gasteiger charge is -2.00. The maximum Gasteiger partial charge on any atom is 0.190 e. The zero-order valence-corrected chi connectivity index (χ0v) is 4.39. The third-order valence-electron chi connectivity index (χ3n) is 0.907. The monoisotopic (exact) mass is 94.1 g/mol. The van der Waals surface area contributed by atoms with Crippen molar-refractivity contribution < 1.29 is 0 Å². The van der Waals surface area contributed by atoms with Gasteiger partial charge in [0, 0.05) is 13.1 Å². The van der Waals surface area contributed by atoms with Crippen molar-refractivity contribution in [3.05, 3.63) is 24.4 Å². The number of likely N-dealkylation sites (N-methyl/N-ethyl adjacent to an activating group) is 1. The Morgan fingerprint density at radius 2 is 2.57 bits per heavy atom. The second-order valence-electron chi connectivity index (χ2n) is 1.60. The SMILES string of the molecule is CN1[C+]=CC=CC1. The fraction of sp³-hybridized carbons (Fsp3) is 0.333. The van der Waals surface area contributed by atoms with E-state index in [2.05, 4.69) is 12.3 Å². The quantitative estimate of drug-likeness (QED) is 0.401. The van der Waals surface area contributed by atoms with Crippen LogP contribution in [0.4, 0.5) is 0 Å². The van der Waals surface area contributed by atoms with E-state index in [1.807, 2.05) is 24.1 Å². The summed E-state index contributed by atoms with van der Waals surface area (Å²) in [5.74, 6) is 0. The van der Waals surface area contributed by atoms with Gasteiger partial charge in [-0.3, -0.25) is 4.90 Å². The van der Waals surface area contributed by atoms with Crippen LogP contribution in [0.15, 0.2) is 18.2 Å². The maximum absolute atomic E-state index is 3.00. The van der Waals surface area contributed by atoms with Gasteiger partial charge in [-0.1, -0.05) is 0 Å². The van der Waals surface area contributed by atoms with Crippen LogP contribution in [0.2, 0.25) is 0 Å². The minimum atomic E-state index is 0.997. The number of hydrogen-bond acceptors (Lipinski definition) is 1. The molecule has 1 heteroatoms. The van der Waals surface area contributed by atoms with Gasteiger partial charge in [0.05, 0.1) is 12.6 Å². The van der Waals surface area contributed by atoms with Gasteiger partial charge in [0.25, 0.3) is 0 Å². The molecule has 0 unspecified atom stereocenters. The van der Waals surface area contributed by atoms with E-state index < -0.39 is 0 Å². The van der Waals surface area contributed by atoms with Crippen molar-refractivity contribution in [1.82, 2.24) is 4.90 Å². The minimum absolute atomic E-state index is 0.997. The molecule has 0 bridgehead atoms. The van der Waals surface area contributed by atoms with Gasteiger partial charge in [0.1, 0.15) is 0 Å². The summed E-state index contributed by atoms with van der Waals surface area (Å²) in [6.07, 6.45) is 9.00. The molecule has 0 aromatic rings. The molecule has 0 fully saturated rings. The van der Waals surface area contributed by atoms with Crippen LogP contribution < -0.4 is 0 Å². The molecule has 0 saturated heterocycles. The average molecular weight is 94.1 g/mol. The van der Waals surface area contributed by atoms with Crippen molar-refractivity contribution in [2.45, 2.75) is 0 Å². The van der Waals surface area contributed by atoms with Crippen LogP contribution in [0.25, 0.3) is 0 Å². The van der Waals surface area contributed by atoms with E-state index in [4.69, 9.17) is 0 Å². The Bertz CT molecular complexity index is 103. The standard InChI is InChI=1S/C6H8N/c1-7-5-3-2-4-6-7/h2-4H,5H2,1H3/q+1. The van der Waals surface area contributed by atoms with Crippen LogP contribution in [0.3, 0.4) is 0 Å². The summed E-state index contributed by atoms with van der Waals surface area (Å²) in [4.78, 5) is 2.00. The molecule has 0 radical (unpaired) electrons. The molecule has 1 aliphatic heterocycles. The maximum atomic E-state index is 3.00. The molecule has 0 aromatic carbocycles. The Hall–Kier alpha value is -0.810. The van der Waals surface area contributed by atoms with Crippen LogP contribution in [0.5, 0.6) is 0 Å². The van der Waals surface area contributed by atoms with E-state index in [-0.39, 0.29) is 0 Å². The van der Waals surface area contributed by atoms with E-state index in [0.29, 0.717) is 0 Å². The van der Waals surface area contributed by atoms with Gasteiger partial charge in [-0.15, -0.1) is 0 Å². The average Bonchev–Trinajstić information content (AvgIpc) is 1.69. The lowest BCUT2D eigenvalue weighted by Crippen LogP contribution is -2.12. The number of hydrogen-bond donors (Lipinski definition) is 0. The molecule has 36 valence electrons. The summed E-state index contributed by atoms with van der Waals surface area (Å²) >= 11 is 0. The summed E-state index contributed by atoms with van der Waals surface area (Å²) in [6, 6.07) is 0. The van der Waals surface area contributed by atoms with Crippen molar-refractivity contribution in [3.8, 4) is 0 Å². The lowest BCUT2D eigenvalue weighted by atomic mass is 10.4. The molecule has 1 aliphatic rings. The highest BCUT2D eigenvalue weighted by atomic mass is 15.1. The third-order valence-corrected chi connectivity index (χ3v) is 0.907. The predicted molar refractivity (Wildman–Crippen MR) is 29.6 cm³/mol. The summed E-state index contributed by atoms with van der Waals surface area (Å²) in [7, 11) is 2.00. The van der Waals surface area contributed by atoms with Gasteiger partial charge in [-0.25, -0.2) is 0 Å². The Morgan fingerprint density at radius 3 is 2.86 bits per heavy atom. The molecule has 0 saturated carbocycles. The predicted octanol–water partition coefficient (Wildman–Crippen LogP) is 0.805. The minimum Gasteiger partial charge on any atom is -0.251 e. The van der Waals surface area contributed by atoms with Crippen molar-refractivity contribution in [1.29, 1.82) is 0 Å². The Morgan fingerprint density at radius 1 is 1.71 bits per heavy atom. The molecule has 0 aliphatic carbocycles. The van der Waals surface area contributed by atoms with Crippen LogP contribution in [-0.4, -0.2) is 18.5 Å². The molecule has 1 heterocycles. The number of allylic oxidation sites excluding steroid dienone is 2. The molecule has 0 aromatic heterocycles. The van der Waals surface area contributed by atoms with Gasteiger partial charge < -0.3 is 0 Å². The number of nitrogens with zero attached hydrogens (tertiary/aromatic N) is 1. The summed E-state index contributed by atoms with van der Waals surface area (Å²) in [5, 5.41) is 0. The van der Waals surface area contributed by atoms with Crippen LogP contribution >= 0.6 is 0 Å². The van der Waals surface area contributed by atoms with E-state index in [1.54, 1.807) is 0 Å². The van der Waals surface area contributed by atoms with Crippen LogP contribution in [0.1, 0.15) is 0 Å².